The van der Waals surface area contributed by atoms with E-state index in [0.717, 1.165) is 16.8 Å². The number of aryl methyl sites for hydroxylation is 1. The van der Waals surface area contributed by atoms with Gasteiger partial charge < -0.3 is 17.2 Å². The molecule has 0 saturated carbocycles. The van der Waals surface area contributed by atoms with E-state index < -0.39 is 0 Å². The van der Waals surface area contributed by atoms with Gasteiger partial charge in [-0.05, 0) is 24.1 Å². The zero-order valence-electron chi connectivity index (χ0n) is 9.94. The van der Waals surface area contributed by atoms with Gasteiger partial charge in [0.2, 0.25) is 5.95 Å². The maximum Gasteiger partial charge on any atom is 0.222 e. The van der Waals surface area contributed by atoms with E-state index in [1.54, 1.807) is 12.1 Å². The van der Waals surface area contributed by atoms with Crippen LogP contribution in [0.3, 0.4) is 0 Å². The molecule has 1 heterocycles. The minimum atomic E-state index is 0.176. The van der Waals surface area contributed by atoms with Gasteiger partial charge in [-0.3, -0.25) is 0 Å². The molecule has 0 amide bonds. The van der Waals surface area contributed by atoms with Crippen LogP contribution in [-0.2, 0) is 6.42 Å². The van der Waals surface area contributed by atoms with Crippen molar-refractivity contribution in [2.24, 2.45) is 0 Å². The molecule has 2 rings (SSSR count). The average Bonchev–Trinajstić information content (AvgIpc) is 2.32. The van der Waals surface area contributed by atoms with Crippen molar-refractivity contribution in [2.75, 3.05) is 17.2 Å². The van der Waals surface area contributed by atoms with Gasteiger partial charge in [-0.25, -0.2) is 4.98 Å². The average molecular weight is 264 g/mol. The Balaban J connectivity index is 2.66. The third-order valence-corrected chi connectivity index (χ3v) is 2.98. The maximum absolute atomic E-state index is 6.01. The van der Waals surface area contributed by atoms with Crippen LogP contribution >= 0.6 is 11.6 Å². The highest BCUT2D eigenvalue weighted by Gasteiger charge is 2.13. The van der Waals surface area contributed by atoms with Gasteiger partial charge in [-0.15, -0.1) is 0 Å². The summed E-state index contributed by atoms with van der Waals surface area (Å²) in [6, 6.07) is 5.32. The molecule has 2 aromatic rings. The van der Waals surface area contributed by atoms with Crippen LogP contribution in [-0.4, -0.2) is 9.97 Å². The molecular formula is C12H14ClN5. The zero-order chi connectivity index (χ0) is 13.3. The van der Waals surface area contributed by atoms with Crippen LogP contribution in [0.2, 0.25) is 5.02 Å². The van der Waals surface area contributed by atoms with Gasteiger partial charge in [-0.1, -0.05) is 24.6 Å². The summed E-state index contributed by atoms with van der Waals surface area (Å²) in [5, 5.41) is 0.478. The standard InChI is InChI=1S/C12H14ClN5/c1-2-9-10(11(15)18-12(16)17-9)6-3-4-8(14)7(13)5-6/h3-5H,2,14H2,1H3,(H4,15,16,17,18). The fraction of sp³-hybridized carbons (Fsp3) is 0.167. The Morgan fingerprint density at radius 2 is 1.89 bits per heavy atom. The van der Waals surface area contributed by atoms with E-state index in [0.29, 0.717) is 22.9 Å². The van der Waals surface area contributed by atoms with E-state index in [1.807, 2.05) is 13.0 Å². The highest BCUT2D eigenvalue weighted by atomic mass is 35.5. The summed E-state index contributed by atoms with van der Waals surface area (Å²) >= 11 is 6.01. The van der Waals surface area contributed by atoms with Gasteiger partial charge in [0.15, 0.2) is 0 Å². The lowest BCUT2D eigenvalue weighted by Crippen LogP contribution is -2.06. The van der Waals surface area contributed by atoms with E-state index in [2.05, 4.69) is 9.97 Å². The molecule has 0 atom stereocenters. The molecule has 18 heavy (non-hydrogen) atoms. The lowest BCUT2D eigenvalue weighted by molar-refractivity contribution is 1.02. The van der Waals surface area contributed by atoms with Crippen LogP contribution < -0.4 is 17.2 Å². The fourth-order valence-electron chi connectivity index (χ4n) is 1.80. The molecule has 0 aliphatic rings. The second-order valence-electron chi connectivity index (χ2n) is 3.88. The Morgan fingerprint density at radius 1 is 1.17 bits per heavy atom. The molecule has 0 spiro atoms. The molecule has 0 radical (unpaired) electrons. The highest BCUT2D eigenvalue weighted by molar-refractivity contribution is 6.33. The minimum Gasteiger partial charge on any atom is -0.398 e. The third-order valence-electron chi connectivity index (χ3n) is 2.65. The topological polar surface area (TPSA) is 104 Å². The molecule has 0 unspecified atom stereocenters. The molecule has 94 valence electrons. The van der Waals surface area contributed by atoms with Crippen molar-refractivity contribution in [1.29, 1.82) is 0 Å². The van der Waals surface area contributed by atoms with E-state index in [-0.39, 0.29) is 5.95 Å². The van der Waals surface area contributed by atoms with Gasteiger partial charge in [0.1, 0.15) is 5.82 Å². The smallest absolute Gasteiger partial charge is 0.222 e. The Morgan fingerprint density at radius 3 is 2.50 bits per heavy atom. The van der Waals surface area contributed by atoms with Gasteiger partial charge in [-0.2, -0.15) is 4.98 Å². The second-order valence-corrected chi connectivity index (χ2v) is 4.29. The number of nitrogens with two attached hydrogens (primary N) is 3. The first kappa shape index (κ1) is 12.4. The fourth-order valence-corrected chi connectivity index (χ4v) is 1.98. The molecular weight excluding hydrogens is 250 g/mol. The number of nitrogen functional groups attached to an aromatic ring is 3. The number of nitrogens with zero attached hydrogens (tertiary/aromatic N) is 2. The van der Waals surface area contributed by atoms with E-state index in [1.165, 1.54) is 0 Å². The Kier molecular flexibility index (Phi) is 3.25. The number of benzene rings is 1. The number of rotatable bonds is 2. The largest absolute Gasteiger partial charge is 0.398 e. The molecule has 0 bridgehead atoms. The number of hydrogen-bond donors (Lipinski definition) is 3. The van der Waals surface area contributed by atoms with Crippen LogP contribution in [0.1, 0.15) is 12.6 Å². The monoisotopic (exact) mass is 263 g/mol. The molecule has 0 aliphatic heterocycles. The summed E-state index contributed by atoms with van der Waals surface area (Å²) in [7, 11) is 0. The predicted octanol–water partition coefficient (Wildman–Crippen LogP) is 2.11. The Labute approximate surface area is 110 Å². The number of hydrogen-bond acceptors (Lipinski definition) is 5. The lowest BCUT2D eigenvalue weighted by Gasteiger charge is -2.11. The summed E-state index contributed by atoms with van der Waals surface area (Å²) in [5.41, 5.74) is 20.1. The van der Waals surface area contributed by atoms with Crippen LogP contribution in [0.5, 0.6) is 0 Å². The summed E-state index contributed by atoms with van der Waals surface area (Å²) < 4.78 is 0. The summed E-state index contributed by atoms with van der Waals surface area (Å²) in [5.74, 6) is 0.523. The third kappa shape index (κ3) is 2.17. The van der Waals surface area contributed by atoms with Crippen LogP contribution in [0.15, 0.2) is 18.2 Å². The van der Waals surface area contributed by atoms with Crippen LogP contribution in [0.25, 0.3) is 11.1 Å². The molecule has 6 heteroatoms. The van der Waals surface area contributed by atoms with Crippen LogP contribution in [0, 0.1) is 0 Å². The van der Waals surface area contributed by atoms with Gasteiger partial charge in [0.25, 0.3) is 0 Å². The van der Waals surface area contributed by atoms with Crippen molar-refractivity contribution < 1.29 is 0 Å². The van der Waals surface area contributed by atoms with Gasteiger partial charge >= 0.3 is 0 Å². The van der Waals surface area contributed by atoms with Crippen molar-refractivity contribution in [1.82, 2.24) is 9.97 Å². The summed E-state index contributed by atoms with van der Waals surface area (Å²) in [6.45, 7) is 1.98. The molecule has 0 fully saturated rings. The van der Waals surface area contributed by atoms with E-state index in [4.69, 9.17) is 28.8 Å². The second kappa shape index (κ2) is 4.70. The molecule has 6 N–H and O–H groups in total. The molecule has 0 aliphatic carbocycles. The van der Waals surface area contributed by atoms with E-state index >= 15 is 0 Å². The van der Waals surface area contributed by atoms with Crippen molar-refractivity contribution in [2.45, 2.75) is 13.3 Å². The molecule has 1 aromatic heterocycles. The van der Waals surface area contributed by atoms with Crippen molar-refractivity contribution >= 4 is 29.1 Å². The first-order valence-electron chi connectivity index (χ1n) is 5.50. The predicted molar refractivity (Wildman–Crippen MR) is 75.1 cm³/mol. The van der Waals surface area contributed by atoms with Crippen molar-refractivity contribution in [3.63, 3.8) is 0 Å². The molecule has 5 nitrogen and oxygen atoms in total. The minimum absolute atomic E-state index is 0.176. The zero-order valence-corrected chi connectivity index (χ0v) is 10.7. The lowest BCUT2D eigenvalue weighted by atomic mass is 10.0. The summed E-state index contributed by atoms with van der Waals surface area (Å²) in [4.78, 5) is 8.17. The van der Waals surface area contributed by atoms with Gasteiger partial charge in [0, 0.05) is 5.56 Å². The maximum atomic E-state index is 6.01. The van der Waals surface area contributed by atoms with Gasteiger partial charge in [0.05, 0.1) is 16.4 Å². The highest BCUT2D eigenvalue weighted by Crippen LogP contribution is 2.32. The number of halogens is 1. The molecule has 0 saturated heterocycles. The number of anilines is 3. The Hall–Kier alpha value is -2.01. The quantitative estimate of drug-likeness (QED) is 0.720. The molecule has 1 aromatic carbocycles. The SMILES string of the molecule is CCc1nc(N)nc(N)c1-c1ccc(N)c(Cl)c1. The van der Waals surface area contributed by atoms with Crippen LogP contribution in [0.4, 0.5) is 17.5 Å². The first-order valence-corrected chi connectivity index (χ1v) is 5.88. The van der Waals surface area contributed by atoms with Crippen molar-refractivity contribution in [3.8, 4) is 11.1 Å². The first-order chi connectivity index (χ1) is 8.52. The number of aromatic nitrogens is 2. The van der Waals surface area contributed by atoms with Crippen molar-refractivity contribution in [3.05, 3.63) is 28.9 Å². The summed E-state index contributed by atoms with van der Waals surface area (Å²) in [6.07, 6.45) is 0.703. The normalized spacial score (nSPS) is 10.6. The van der Waals surface area contributed by atoms with E-state index in [9.17, 15) is 0 Å². The Bertz CT molecular complexity index is 597.